The number of hydrogen-bond acceptors (Lipinski definition) is 2. The molecule has 2 atom stereocenters. The number of amides is 1. The van der Waals surface area contributed by atoms with E-state index < -0.39 is 12.1 Å². The van der Waals surface area contributed by atoms with Gasteiger partial charge < -0.3 is 9.69 Å². The summed E-state index contributed by atoms with van der Waals surface area (Å²) in [5, 5.41) is 0. The van der Waals surface area contributed by atoms with E-state index in [4.69, 9.17) is 0 Å². The summed E-state index contributed by atoms with van der Waals surface area (Å²) in [5.74, 6) is -2.56. The summed E-state index contributed by atoms with van der Waals surface area (Å²) < 4.78 is 37.4. The molecule has 1 aliphatic heterocycles. The maximum absolute atomic E-state index is 12.5. The molecule has 0 N–H and O–H groups in total. The van der Waals surface area contributed by atoms with Crippen molar-refractivity contribution in [3.63, 3.8) is 0 Å². The van der Waals surface area contributed by atoms with E-state index in [1.165, 1.54) is 0 Å². The highest BCUT2D eigenvalue weighted by molar-refractivity contribution is 5.82. The van der Waals surface area contributed by atoms with Crippen LogP contribution in [0.1, 0.15) is 17.9 Å². The highest BCUT2D eigenvalue weighted by atomic mass is 19.4. The summed E-state index contributed by atoms with van der Waals surface area (Å²) in [4.78, 5) is 23.2. The van der Waals surface area contributed by atoms with Crippen molar-refractivity contribution in [2.75, 3.05) is 13.1 Å². The maximum atomic E-state index is 12.5. The number of nitrogens with zero attached hydrogens (tertiary/aromatic N) is 1. The molecule has 0 bridgehead atoms. The Bertz CT molecular complexity index is 487. The van der Waals surface area contributed by atoms with Crippen molar-refractivity contribution in [2.24, 2.45) is 5.92 Å². The zero-order valence-corrected chi connectivity index (χ0v) is 10.6. The van der Waals surface area contributed by atoms with E-state index in [-0.39, 0.29) is 31.3 Å². The second kappa shape index (κ2) is 5.64. The zero-order chi connectivity index (χ0) is 14.8. The fraction of sp³-hybridized carbons (Fsp3) is 0.429. The fourth-order valence-electron chi connectivity index (χ4n) is 2.55. The van der Waals surface area contributed by atoms with Crippen LogP contribution in [0.4, 0.5) is 13.2 Å². The lowest BCUT2D eigenvalue weighted by molar-refractivity contribution is -0.187. The van der Waals surface area contributed by atoms with Crippen LogP contribution in [0.25, 0.3) is 0 Å². The van der Waals surface area contributed by atoms with Crippen LogP contribution in [0, 0.1) is 5.92 Å². The summed E-state index contributed by atoms with van der Waals surface area (Å²) in [6, 6.07) is 8.86. The molecule has 0 saturated carbocycles. The fourth-order valence-corrected chi connectivity index (χ4v) is 2.55. The van der Waals surface area contributed by atoms with Gasteiger partial charge in [-0.3, -0.25) is 4.79 Å². The number of alkyl halides is 3. The Morgan fingerprint density at radius 1 is 1.25 bits per heavy atom. The van der Waals surface area contributed by atoms with E-state index in [0.717, 1.165) is 16.7 Å². The lowest BCUT2D eigenvalue weighted by Crippen LogP contribution is -2.48. The average Bonchev–Trinajstić information content (AvgIpc) is 2.45. The molecule has 0 unspecified atom stereocenters. The first-order chi connectivity index (χ1) is 9.43. The highest BCUT2D eigenvalue weighted by Crippen LogP contribution is 2.33. The van der Waals surface area contributed by atoms with Crippen LogP contribution < -0.4 is 0 Å². The first-order valence-electron chi connectivity index (χ1n) is 6.30. The van der Waals surface area contributed by atoms with E-state index in [0.29, 0.717) is 0 Å². The molecular formula is C14H14F3NO2. The van der Waals surface area contributed by atoms with E-state index in [1.807, 2.05) is 0 Å². The van der Waals surface area contributed by atoms with Crippen LogP contribution in [0.15, 0.2) is 30.3 Å². The SMILES string of the molecule is O=C[C@@H]1CCN(C(=O)C(F)(F)F)C[C@H]1c1ccccc1. The van der Waals surface area contributed by atoms with Crippen molar-refractivity contribution in [3.8, 4) is 0 Å². The Balaban J connectivity index is 2.20. The van der Waals surface area contributed by atoms with Crippen molar-refractivity contribution in [2.45, 2.75) is 18.5 Å². The van der Waals surface area contributed by atoms with Crippen molar-refractivity contribution in [1.82, 2.24) is 4.90 Å². The minimum Gasteiger partial charge on any atom is -0.334 e. The zero-order valence-electron chi connectivity index (χ0n) is 10.6. The third-order valence-electron chi connectivity index (χ3n) is 3.60. The van der Waals surface area contributed by atoms with Gasteiger partial charge in [-0.15, -0.1) is 0 Å². The Kier molecular flexibility index (Phi) is 4.11. The molecule has 108 valence electrons. The van der Waals surface area contributed by atoms with Gasteiger partial charge in [0, 0.05) is 24.9 Å². The summed E-state index contributed by atoms with van der Waals surface area (Å²) in [6.07, 6.45) is -3.84. The van der Waals surface area contributed by atoms with Gasteiger partial charge in [0.25, 0.3) is 0 Å². The van der Waals surface area contributed by atoms with Gasteiger partial charge in [0.2, 0.25) is 0 Å². The molecule has 1 aromatic rings. The lowest BCUT2D eigenvalue weighted by Gasteiger charge is -2.36. The Morgan fingerprint density at radius 3 is 2.45 bits per heavy atom. The summed E-state index contributed by atoms with van der Waals surface area (Å²) in [5.41, 5.74) is 0.782. The summed E-state index contributed by atoms with van der Waals surface area (Å²) >= 11 is 0. The van der Waals surface area contributed by atoms with Crippen LogP contribution in [-0.4, -0.2) is 36.4 Å². The van der Waals surface area contributed by atoms with Crippen LogP contribution in [-0.2, 0) is 9.59 Å². The van der Waals surface area contributed by atoms with Gasteiger partial charge in [0.15, 0.2) is 0 Å². The van der Waals surface area contributed by atoms with Crippen molar-refractivity contribution in [3.05, 3.63) is 35.9 Å². The normalized spacial score (nSPS) is 23.4. The molecule has 0 aromatic heterocycles. The topological polar surface area (TPSA) is 37.4 Å². The molecule has 1 fully saturated rings. The van der Waals surface area contributed by atoms with E-state index >= 15 is 0 Å². The van der Waals surface area contributed by atoms with Crippen LogP contribution in [0.5, 0.6) is 0 Å². The number of aldehydes is 1. The number of rotatable bonds is 2. The largest absolute Gasteiger partial charge is 0.471 e. The number of carbonyl (C=O) groups is 2. The monoisotopic (exact) mass is 285 g/mol. The molecule has 2 rings (SSSR count). The number of piperidine rings is 1. The van der Waals surface area contributed by atoms with E-state index in [2.05, 4.69) is 0 Å². The second-order valence-corrected chi connectivity index (χ2v) is 4.85. The minimum absolute atomic E-state index is 0.0366. The smallest absolute Gasteiger partial charge is 0.334 e. The number of carbonyl (C=O) groups excluding carboxylic acids is 2. The molecular weight excluding hydrogens is 271 g/mol. The van der Waals surface area contributed by atoms with Crippen LogP contribution in [0.2, 0.25) is 0 Å². The molecule has 1 heterocycles. The first-order valence-corrected chi connectivity index (χ1v) is 6.30. The van der Waals surface area contributed by atoms with Gasteiger partial charge in [0.1, 0.15) is 6.29 Å². The number of hydrogen-bond donors (Lipinski definition) is 0. The highest BCUT2D eigenvalue weighted by Gasteiger charge is 2.45. The standard InChI is InChI=1S/C14H14F3NO2/c15-14(16,17)13(20)18-7-6-11(9-19)12(8-18)10-4-2-1-3-5-10/h1-5,9,11-12H,6-8H2/t11-,12-/m0/s1. The Morgan fingerprint density at radius 2 is 1.90 bits per heavy atom. The first kappa shape index (κ1) is 14.6. The van der Waals surface area contributed by atoms with Gasteiger partial charge in [-0.25, -0.2) is 0 Å². The van der Waals surface area contributed by atoms with Crippen LogP contribution >= 0.6 is 0 Å². The summed E-state index contributed by atoms with van der Waals surface area (Å²) in [7, 11) is 0. The lowest BCUT2D eigenvalue weighted by atomic mass is 9.81. The second-order valence-electron chi connectivity index (χ2n) is 4.85. The quantitative estimate of drug-likeness (QED) is 0.782. The molecule has 0 aliphatic carbocycles. The molecule has 3 nitrogen and oxygen atoms in total. The van der Waals surface area contributed by atoms with E-state index in [1.54, 1.807) is 30.3 Å². The maximum Gasteiger partial charge on any atom is 0.471 e. The van der Waals surface area contributed by atoms with Gasteiger partial charge in [-0.2, -0.15) is 13.2 Å². The molecule has 0 radical (unpaired) electrons. The Hall–Kier alpha value is -1.85. The van der Waals surface area contributed by atoms with Gasteiger partial charge in [0.05, 0.1) is 0 Å². The number of likely N-dealkylation sites (tertiary alicyclic amines) is 1. The minimum atomic E-state index is -4.87. The average molecular weight is 285 g/mol. The Labute approximate surface area is 114 Å². The molecule has 1 amide bonds. The van der Waals surface area contributed by atoms with Gasteiger partial charge in [-0.1, -0.05) is 30.3 Å². The van der Waals surface area contributed by atoms with Gasteiger partial charge in [-0.05, 0) is 12.0 Å². The summed E-state index contributed by atoms with van der Waals surface area (Å²) in [6.45, 7) is -0.114. The number of halogens is 3. The molecule has 1 aliphatic rings. The van der Waals surface area contributed by atoms with Gasteiger partial charge >= 0.3 is 12.1 Å². The molecule has 20 heavy (non-hydrogen) atoms. The third-order valence-corrected chi connectivity index (χ3v) is 3.60. The molecule has 0 spiro atoms. The molecule has 6 heteroatoms. The van der Waals surface area contributed by atoms with Crippen molar-refractivity contribution in [1.29, 1.82) is 0 Å². The van der Waals surface area contributed by atoms with Crippen molar-refractivity contribution < 1.29 is 22.8 Å². The molecule has 1 saturated heterocycles. The predicted molar refractivity (Wildman–Crippen MR) is 66.0 cm³/mol. The molecule has 1 aromatic carbocycles. The van der Waals surface area contributed by atoms with E-state index in [9.17, 15) is 22.8 Å². The number of benzene rings is 1. The third kappa shape index (κ3) is 3.00. The van der Waals surface area contributed by atoms with Crippen molar-refractivity contribution >= 4 is 12.2 Å². The predicted octanol–water partition coefficient (Wildman–Crippen LogP) is 2.38. The van der Waals surface area contributed by atoms with Crippen LogP contribution in [0.3, 0.4) is 0 Å².